The van der Waals surface area contributed by atoms with Crippen molar-refractivity contribution in [1.82, 2.24) is 5.32 Å². The zero-order valence-corrected chi connectivity index (χ0v) is 11.3. The number of likely N-dealkylation sites (N-methyl/N-ethyl adjacent to an activating group) is 1. The Hall–Kier alpha value is -0.870. The van der Waals surface area contributed by atoms with Crippen molar-refractivity contribution in [3.05, 3.63) is 35.9 Å². The summed E-state index contributed by atoms with van der Waals surface area (Å²) in [6, 6.07) is 9.43. The van der Waals surface area contributed by atoms with E-state index in [0.29, 0.717) is 6.54 Å². The molecule has 0 aliphatic rings. The summed E-state index contributed by atoms with van der Waals surface area (Å²) in [6.07, 6.45) is 1.63. The first-order chi connectivity index (χ1) is 8.11. The SMILES string of the molecule is CCCCS(=O)(=O)C(CNC)c1ccccc1. The van der Waals surface area contributed by atoms with Gasteiger partial charge in [0.05, 0.1) is 11.0 Å². The molecule has 0 aliphatic heterocycles. The fourth-order valence-corrected chi connectivity index (χ4v) is 3.76. The number of hydrogen-bond donors (Lipinski definition) is 1. The van der Waals surface area contributed by atoms with Crippen LogP contribution in [-0.4, -0.2) is 27.8 Å². The van der Waals surface area contributed by atoms with Gasteiger partial charge in [-0.25, -0.2) is 8.42 Å². The molecule has 1 aromatic rings. The van der Waals surface area contributed by atoms with Gasteiger partial charge in [-0.2, -0.15) is 0 Å². The normalized spacial score (nSPS) is 13.5. The Morgan fingerprint density at radius 3 is 2.41 bits per heavy atom. The van der Waals surface area contributed by atoms with E-state index in [4.69, 9.17) is 0 Å². The fourth-order valence-electron chi connectivity index (χ4n) is 1.79. The molecule has 1 N–H and O–H groups in total. The minimum Gasteiger partial charge on any atom is -0.318 e. The van der Waals surface area contributed by atoms with Crippen molar-refractivity contribution < 1.29 is 8.42 Å². The summed E-state index contributed by atoms with van der Waals surface area (Å²) in [4.78, 5) is 0. The van der Waals surface area contributed by atoms with Crippen LogP contribution in [-0.2, 0) is 9.84 Å². The monoisotopic (exact) mass is 255 g/mol. The van der Waals surface area contributed by atoms with Crippen molar-refractivity contribution in [2.45, 2.75) is 25.0 Å². The van der Waals surface area contributed by atoms with Crippen molar-refractivity contribution in [2.24, 2.45) is 0 Å². The lowest BCUT2D eigenvalue weighted by molar-refractivity contribution is 0.573. The second-order valence-corrected chi connectivity index (χ2v) is 6.48. The summed E-state index contributed by atoms with van der Waals surface area (Å²) in [5.41, 5.74) is 0.873. The Kier molecular flexibility index (Phi) is 5.65. The maximum Gasteiger partial charge on any atom is 0.158 e. The molecule has 4 heteroatoms. The first kappa shape index (κ1) is 14.2. The highest BCUT2D eigenvalue weighted by Gasteiger charge is 2.25. The third-order valence-electron chi connectivity index (χ3n) is 2.78. The van der Waals surface area contributed by atoms with E-state index in [9.17, 15) is 8.42 Å². The highest BCUT2D eigenvalue weighted by molar-refractivity contribution is 7.91. The van der Waals surface area contributed by atoms with Crippen LogP contribution in [0.3, 0.4) is 0 Å². The Balaban J connectivity index is 2.93. The Morgan fingerprint density at radius 2 is 1.88 bits per heavy atom. The molecule has 0 aromatic heterocycles. The molecule has 0 bridgehead atoms. The van der Waals surface area contributed by atoms with Gasteiger partial charge in [0, 0.05) is 6.54 Å². The fraction of sp³-hybridized carbons (Fsp3) is 0.538. The number of unbranched alkanes of at least 4 members (excludes halogenated alkanes) is 1. The molecule has 0 aliphatic carbocycles. The van der Waals surface area contributed by atoms with Gasteiger partial charge in [0.25, 0.3) is 0 Å². The van der Waals surface area contributed by atoms with E-state index in [0.717, 1.165) is 18.4 Å². The van der Waals surface area contributed by atoms with Crippen molar-refractivity contribution in [3.63, 3.8) is 0 Å². The van der Waals surface area contributed by atoms with E-state index < -0.39 is 15.1 Å². The van der Waals surface area contributed by atoms with E-state index in [2.05, 4.69) is 5.32 Å². The average Bonchev–Trinajstić information content (AvgIpc) is 2.34. The molecule has 0 radical (unpaired) electrons. The molecule has 3 nitrogen and oxygen atoms in total. The number of hydrogen-bond acceptors (Lipinski definition) is 3. The van der Waals surface area contributed by atoms with E-state index in [1.165, 1.54) is 0 Å². The van der Waals surface area contributed by atoms with Gasteiger partial charge < -0.3 is 5.32 Å². The molecule has 1 aromatic carbocycles. The lowest BCUT2D eigenvalue weighted by atomic mass is 10.1. The van der Waals surface area contributed by atoms with Gasteiger partial charge in [-0.05, 0) is 19.0 Å². The van der Waals surface area contributed by atoms with Gasteiger partial charge in [0.1, 0.15) is 0 Å². The largest absolute Gasteiger partial charge is 0.318 e. The van der Waals surface area contributed by atoms with Gasteiger partial charge in [-0.1, -0.05) is 43.7 Å². The molecule has 0 spiro atoms. The van der Waals surface area contributed by atoms with Crippen LogP contribution in [0.1, 0.15) is 30.6 Å². The standard InChI is InChI=1S/C13H21NO2S/c1-3-4-10-17(15,16)13(11-14-2)12-8-6-5-7-9-12/h5-9,13-14H,3-4,10-11H2,1-2H3. The van der Waals surface area contributed by atoms with Crippen molar-refractivity contribution >= 4 is 9.84 Å². The quantitative estimate of drug-likeness (QED) is 0.812. The number of sulfone groups is 1. The first-order valence-electron chi connectivity index (χ1n) is 6.03. The summed E-state index contributed by atoms with van der Waals surface area (Å²) < 4.78 is 24.5. The molecule has 96 valence electrons. The van der Waals surface area contributed by atoms with Crippen molar-refractivity contribution in [1.29, 1.82) is 0 Å². The Labute approximate surface area is 104 Å². The summed E-state index contributed by atoms with van der Waals surface area (Å²) in [5, 5.41) is 2.54. The average molecular weight is 255 g/mol. The molecule has 0 heterocycles. The highest BCUT2D eigenvalue weighted by Crippen LogP contribution is 2.23. The zero-order chi connectivity index (χ0) is 12.7. The van der Waals surface area contributed by atoms with Crippen LogP contribution in [0.4, 0.5) is 0 Å². The number of nitrogens with one attached hydrogen (secondary N) is 1. The third-order valence-corrected chi connectivity index (χ3v) is 4.94. The molecule has 1 rings (SSSR count). The van der Waals surface area contributed by atoms with Gasteiger partial charge in [0.15, 0.2) is 9.84 Å². The van der Waals surface area contributed by atoms with Crippen LogP contribution < -0.4 is 5.32 Å². The molecule has 1 atom stereocenters. The zero-order valence-electron chi connectivity index (χ0n) is 10.5. The molecular weight excluding hydrogens is 234 g/mol. The summed E-state index contributed by atoms with van der Waals surface area (Å²) >= 11 is 0. The van der Waals surface area contributed by atoms with E-state index >= 15 is 0 Å². The molecule has 0 saturated heterocycles. The van der Waals surface area contributed by atoms with Crippen molar-refractivity contribution in [3.8, 4) is 0 Å². The van der Waals surface area contributed by atoms with Crippen LogP contribution in [0.25, 0.3) is 0 Å². The molecule has 0 fully saturated rings. The van der Waals surface area contributed by atoms with E-state index in [1.54, 1.807) is 7.05 Å². The summed E-state index contributed by atoms with van der Waals surface area (Å²) in [7, 11) is -1.28. The predicted molar refractivity (Wildman–Crippen MR) is 71.8 cm³/mol. The summed E-state index contributed by atoms with van der Waals surface area (Å²) in [5.74, 6) is 0.269. The minimum atomic E-state index is -3.06. The van der Waals surface area contributed by atoms with Crippen molar-refractivity contribution in [2.75, 3.05) is 19.3 Å². The highest BCUT2D eigenvalue weighted by atomic mass is 32.2. The predicted octanol–water partition coefficient (Wildman–Crippen LogP) is 2.16. The Bertz CT molecular complexity index is 414. The number of benzene rings is 1. The van der Waals surface area contributed by atoms with Crippen LogP contribution in [0.5, 0.6) is 0 Å². The molecule has 0 amide bonds. The summed E-state index contributed by atoms with van der Waals surface area (Å²) in [6.45, 7) is 2.47. The maximum absolute atomic E-state index is 12.2. The van der Waals surface area contributed by atoms with Crippen LogP contribution >= 0.6 is 0 Å². The maximum atomic E-state index is 12.2. The second-order valence-electron chi connectivity index (χ2n) is 4.18. The van der Waals surface area contributed by atoms with Crippen LogP contribution in [0.15, 0.2) is 30.3 Å². The smallest absolute Gasteiger partial charge is 0.158 e. The molecule has 17 heavy (non-hydrogen) atoms. The lowest BCUT2D eigenvalue weighted by Crippen LogP contribution is -2.26. The van der Waals surface area contributed by atoms with E-state index in [-0.39, 0.29) is 5.75 Å². The van der Waals surface area contributed by atoms with E-state index in [1.807, 2.05) is 37.3 Å². The van der Waals surface area contributed by atoms with Gasteiger partial charge in [-0.15, -0.1) is 0 Å². The number of rotatable bonds is 7. The van der Waals surface area contributed by atoms with Gasteiger partial charge in [0.2, 0.25) is 0 Å². The molecule has 1 unspecified atom stereocenters. The second kappa shape index (κ2) is 6.77. The van der Waals surface area contributed by atoms with Gasteiger partial charge in [-0.3, -0.25) is 0 Å². The van der Waals surface area contributed by atoms with Gasteiger partial charge >= 0.3 is 0 Å². The minimum absolute atomic E-state index is 0.269. The Morgan fingerprint density at radius 1 is 1.24 bits per heavy atom. The first-order valence-corrected chi connectivity index (χ1v) is 7.74. The topological polar surface area (TPSA) is 46.2 Å². The van der Waals surface area contributed by atoms with Crippen LogP contribution in [0.2, 0.25) is 0 Å². The molecule has 0 saturated carbocycles. The molecular formula is C13H21NO2S. The van der Waals surface area contributed by atoms with Crippen LogP contribution in [0, 0.1) is 0 Å². The third kappa shape index (κ3) is 4.13. The lowest BCUT2D eigenvalue weighted by Gasteiger charge is -2.17.